The number of aryl methyl sites for hydroxylation is 2. The Morgan fingerprint density at radius 1 is 0.944 bits per heavy atom. The summed E-state index contributed by atoms with van der Waals surface area (Å²) in [5.41, 5.74) is 7.13. The number of amides is 1. The van der Waals surface area contributed by atoms with Crippen molar-refractivity contribution in [2.24, 2.45) is 0 Å². The maximum Gasteiger partial charge on any atom is 0.255 e. The molecule has 0 aliphatic carbocycles. The van der Waals surface area contributed by atoms with E-state index in [-0.39, 0.29) is 11.9 Å². The van der Waals surface area contributed by atoms with Crippen molar-refractivity contribution in [2.45, 2.75) is 19.9 Å². The van der Waals surface area contributed by atoms with Crippen LogP contribution in [0.3, 0.4) is 0 Å². The van der Waals surface area contributed by atoms with E-state index < -0.39 is 0 Å². The molecular weight excluding hydrogens is 448 g/mol. The fourth-order valence-electron chi connectivity index (χ4n) is 4.58. The van der Waals surface area contributed by atoms with Gasteiger partial charge in [0, 0.05) is 39.6 Å². The summed E-state index contributed by atoms with van der Waals surface area (Å²) in [4.78, 5) is 21.1. The second-order valence-electron chi connectivity index (χ2n) is 8.73. The molecule has 0 unspecified atom stereocenters. The number of para-hydroxylation sites is 2. The molecule has 3 N–H and O–H groups in total. The van der Waals surface area contributed by atoms with Crippen molar-refractivity contribution >= 4 is 28.2 Å². The molecule has 36 heavy (non-hydrogen) atoms. The SMILES string of the molecule is COc1ccccc1N[C@@H](c1ccccn1)c1c(C)[nH]c2ccc(NC(=O)c3ccccc3C)cc12. The van der Waals surface area contributed by atoms with Gasteiger partial charge in [0.25, 0.3) is 5.91 Å². The first kappa shape index (κ1) is 23.2. The molecule has 5 rings (SSSR count). The van der Waals surface area contributed by atoms with Gasteiger partial charge in [-0.1, -0.05) is 36.4 Å². The lowest BCUT2D eigenvalue weighted by atomic mass is 9.98. The van der Waals surface area contributed by atoms with E-state index in [9.17, 15) is 4.79 Å². The van der Waals surface area contributed by atoms with Crippen LogP contribution in [0.15, 0.2) is 91.1 Å². The molecule has 6 nitrogen and oxygen atoms in total. The van der Waals surface area contributed by atoms with E-state index in [4.69, 9.17) is 4.74 Å². The van der Waals surface area contributed by atoms with Crippen LogP contribution in [0.5, 0.6) is 5.75 Å². The molecular formula is C30H28N4O2. The Balaban J connectivity index is 1.58. The third-order valence-corrected chi connectivity index (χ3v) is 6.36. The van der Waals surface area contributed by atoms with Gasteiger partial charge in [-0.3, -0.25) is 9.78 Å². The molecule has 0 fully saturated rings. The van der Waals surface area contributed by atoms with E-state index in [0.29, 0.717) is 5.56 Å². The van der Waals surface area contributed by atoms with Gasteiger partial charge in [0.1, 0.15) is 5.75 Å². The van der Waals surface area contributed by atoms with Crippen molar-refractivity contribution in [1.29, 1.82) is 0 Å². The maximum atomic E-state index is 13.0. The Morgan fingerprint density at radius 2 is 1.72 bits per heavy atom. The molecule has 0 spiro atoms. The normalized spacial score (nSPS) is 11.8. The molecule has 1 amide bonds. The van der Waals surface area contributed by atoms with Gasteiger partial charge in [0.05, 0.1) is 24.5 Å². The summed E-state index contributed by atoms with van der Waals surface area (Å²) in [6.45, 7) is 3.99. The number of carbonyl (C=O) groups excluding carboxylic acids is 1. The predicted octanol–water partition coefficient (Wildman–Crippen LogP) is 6.64. The van der Waals surface area contributed by atoms with Crippen LogP contribution < -0.4 is 15.4 Å². The van der Waals surface area contributed by atoms with E-state index >= 15 is 0 Å². The zero-order valence-corrected chi connectivity index (χ0v) is 20.5. The number of nitrogens with zero attached hydrogens (tertiary/aromatic N) is 1. The Hall–Kier alpha value is -4.58. The second-order valence-corrected chi connectivity index (χ2v) is 8.73. The van der Waals surface area contributed by atoms with Crippen molar-refractivity contribution in [3.05, 3.63) is 119 Å². The molecule has 0 radical (unpaired) electrons. The first-order valence-electron chi connectivity index (χ1n) is 11.8. The van der Waals surface area contributed by atoms with Crippen molar-refractivity contribution in [3.63, 3.8) is 0 Å². The zero-order valence-electron chi connectivity index (χ0n) is 20.5. The van der Waals surface area contributed by atoms with Gasteiger partial charge in [0.2, 0.25) is 0 Å². The van der Waals surface area contributed by atoms with Gasteiger partial charge in [-0.2, -0.15) is 0 Å². The topological polar surface area (TPSA) is 79.0 Å². The van der Waals surface area contributed by atoms with Crippen LogP contribution >= 0.6 is 0 Å². The number of rotatable bonds is 7. The smallest absolute Gasteiger partial charge is 0.255 e. The first-order valence-corrected chi connectivity index (χ1v) is 11.8. The Morgan fingerprint density at radius 3 is 2.50 bits per heavy atom. The number of hydrogen-bond donors (Lipinski definition) is 3. The van der Waals surface area contributed by atoms with Crippen LogP contribution in [0, 0.1) is 13.8 Å². The lowest BCUT2D eigenvalue weighted by Crippen LogP contribution is -2.15. The summed E-state index contributed by atoms with van der Waals surface area (Å²) < 4.78 is 5.59. The van der Waals surface area contributed by atoms with Crippen LogP contribution in [-0.2, 0) is 0 Å². The number of methoxy groups -OCH3 is 1. The monoisotopic (exact) mass is 476 g/mol. The van der Waals surface area contributed by atoms with Crippen molar-refractivity contribution < 1.29 is 9.53 Å². The highest BCUT2D eigenvalue weighted by molar-refractivity contribution is 6.06. The molecule has 180 valence electrons. The van der Waals surface area contributed by atoms with Gasteiger partial charge < -0.3 is 20.4 Å². The molecule has 0 saturated heterocycles. The minimum absolute atomic E-state index is 0.130. The largest absolute Gasteiger partial charge is 0.495 e. The summed E-state index contributed by atoms with van der Waals surface area (Å²) in [6.07, 6.45) is 1.80. The number of benzene rings is 3. The average molecular weight is 477 g/mol. The van der Waals surface area contributed by atoms with E-state index in [1.807, 2.05) is 91.9 Å². The van der Waals surface area contributed by atoms with Gasteiger partial charge in [-0.05, 0) is 67.9 Å². The summed E-state index contributed by atoms with van der Waals surface area (Å²) in [6, 6.07) is 27.0. The highest BCUT2D eigenvalue weighted by atomic mass is 16.5. The van der Waals surface area contributed by atoms with Crippen LogP contribution in [0.1, 0.15) is 38.9 Å². The number of fused-ring (bicyclic) bond motifs is 1. The van der Waals surface area contributed by atoms with E-state index in [1.54, 1.807) is 13.3 Å². The molecule has 0 aliphatic rings. The Labute approximate surface area is 210 Å². The summed E-state index contributed by atoms with van der Waals surface area (Å²) in [5.74, 6) is 0.622. The van der Waals surface area contributed by atoms with Crippen LogP contribution in [0.4, 0.5) is 11.4 Å². The molecule has 0 saturated carbocycles. The number of nitrogens with one attached hydrogen (secondary N) is 3. The lowest BCUT2D eigenvalue weighted by Gasteiger charge is -2.22. The molecule has 1 atom stereocenters. The lowest BCUT2D eigenvalue weighted by molar-refractivity contribution is 0.102. The van der Waals surface area contributed by atoms with E-state index in [1.165, 1.54) is 0 Å². The quantitative estimate of drug-likeness (QED) is 0.246. The highest BCUT2D eigenvalue weighted by Crippen LogP contribution is 2.37. The zero-order chi connectivity index (χ0) is 25.1. The van der Waals surface area contributed by atoms with Gasteiger partial charge >= 0.3 is 0 Å². The van der Waals surface area contributed by atoms with Crippen LogP contribution in [-0.4, -0.2) is 23.0 Å². The predicted molar refractivity (Wildman–Crippen MR) is 145 cm³/mol. The molecule has 6 heteroatoms. The van der Waals surface area contributed by atoms with E-state index in [0.717, 1.165) is 50.5 Å². The molecule has 0 bridgehead atoms. The molecule has 5 aromatic rings. The molecule has 0 aliphatic heterocycles. The number of hydrogen-bond acceptors (Lipinski definition) is 4. The highest BCUT2D eigenvalue weighted by Gasteiger charge is 2.23. The van der Waals surface area contributed by atoms with Crippen molar-refractivity contribution in [2.75, 3.05) is 17.7 Å². The third kappa shape index (κ3) is 4.53. The Bertz CT molecular complexity index is 1530. The third-order valence-electron chi connectivity index (χ3n) is 6.36. The number of H-pyrrole nitrogens is 1. The summed E-state index contributed by atoms with van der Waals surface area (Å²) >= 11 is 0. The van der Waals surface area contributed by atoms with Gasteiger partial charge in [-0.15, -0.1) is 0 Å². The first-order chi connectivity index (χ1) is 17.5. The number of pyridine rings is 1. The van der Waals surface area contributed by atoms with Gasteiger partial charge in [-0.25, -0.2) is 0 Å². The minimum atomic E-state index is -0.251. The van der Waals surface area contributed by atoms with Gasteiger partial charge in [0.15, 0.2) is 0 Å². The Kier molecular flexibility index (Phi) is 6.41. The number of anilines is 2. The van der Waals surface area contributed by atoms with Crippen molar-refractivity contribution in [3.8, 4) is 5.75 Å². The standard InChI is InChI=1S/C30H28N4O2/c1-19-10-4-5-11-22(19)30(35)33-21-15-16-24-23(18-21)28(20(2)32-24)29(26-13-8-9-17-31-26)34-25-12-6-7-14-27(25)36-3/h4-18,29,32,34H,1-3H3,(H,33,35)/t29-/m0/s1. The van der Waals surface area contributed by atoms with Crippen molar-refractivity contribution in [1.82, 2.24) is 9.97 Å². The van der Waals surface area contributed by atoms with Crippen LogP contribution in [0.25, 0.3) is 10.9 Å². The number of aromatic amines is 1. The average Bonchev–Trinajstić information content (AvgIpc) is 3.23. The summed E-state index contributed by atoms with van der Waals surface area (Å²) in [7, 11) is 1.66. The minimum Gasteiger partial charge on any atom is -0.495 e. The molecule has 2 aromatic heterocycles. The number of ether oxygens (including phenoxy) is 1. The molecule has 2 heterocycles. The summed E-state index contributed by atoms with van der Waals surface area (Å²) in [5, 5.41) is 7.72. The fourth-order valence-corrected chi connectivity index (χ4v) is 4.58. The number of carbonyl (C=O) groups is 1. The number of aromatic nitrogens is 2. The fraction of sp³-hybridized carbons (Fsp3) is 0.133. The van der Waals surface area contributed by atoms with Crippen LogP contribution in [0.2, 0.25) is 0 Å². The maximum absolute atomic E-state index is 13.0. The second kappa shape index (κ2) is 9.96. The van der Waals surface area contributed by atoms with E-state index in [2.05, 4.69) is 27.5 Å². The molecule has 3 aromatic carbocycles.